The van der Waals surface area contributed by atoms with Gasteiger partial charge < -0.3 is 19.7 Å². The minimum Gasteiger partial charge on any atom is -0.478 e. The smallest absolute Gasteiger partial charge is 0.478 e. The summed E-state index contributed by atoms with van der Waals surface area (Å²) in [5.41, 5.74) is -1.03. The fraction of sp³-hybridized carbons (Fsp3) is 0.344. The number of imidazole rings is 1. The molecule has 2 fully saturated rings. The summed E-state index contributed by atoms with van der Waals surface area (Å²) in [6.07, 6.45) is -3.21. The zero-order valence-corrected chi connectivity index (χ0v) is 25.6. The first-order valence-corrected chi connectivity index (χ1v) is 15.3. The summed E-state index contributed by atoms with van der Waals surface area (Å²) in [4.78, 5) is 33.2. The average molecular weight is 677 g/mol. The molecular weight excluding hydrogens is 651 g/mol. The highest BCUT2D eigenvalue weighted by atomic mass is 35.5. The maximum atomic E-state index is 16.0. The second-order valence-electron chi connectivity index (χ2n) is 12.2. The summed E-state index contributed by atoms with van der Waals surface area (Å²) >= 11 is 12.5. The number of likely N-dealkylation sites (tertiary alicyclic amines) is 1. The minimum atomic E-state index is -5.13. The molecule has 0 unspecified atom stereocenters. The number of ether oxygens (including phenoxy) is 1. The monoisotopic (exact) mass is 676 g/mol. The Kier molecular flexibility index (Phi) is 7.26. The number of anilines is 1. The number of halogens is 6. The third-order valence-corrected chi connectivity index (χ3v) is 9.92. The van der Waals surface area contributed by atoms with Crippen LogP contribution in [0.25, 0.3) is 11.0 Å². The molecule has 0 radical (unpaired) electrons. The number of carboxylic acid groups (broad SMARTS) is 1. The van der Waals surface area contributed by atoms with Crippen LogP contribution in [0.1, 0.15) is 53.3 Å². The van der Waals surface area contributed by atoms with Crippen LogP contribution in [-0.4, -0.2) is 55.9 Å². The number of aromatic carboxylic acids is 1. The number of benzene rings is 3. The van der Waals surface area contributed by atoms with Crippen LogP contribution in [0.15, 0.2) is 54.6 Å². The van der Waals surface area contributed by atoms with E-state index in [1.54, 1.807) is 47.9 Å². The summed E-state index contributed by atoms with van der Waals surface area (Å²) in [6, 6.07) is 12.9. The molecule has 7 rings (SSSR count). The van der Waals surface area contributed by atoms with Crippen LogP contribution in [0, 0.1) is 11.7 Å². The Balaban J connectivity index is 1.42. The molecule has 0 spiro atoms. The van der Waals surface area contributed by atoms with Crippen molar-refractivity contribution in [1.29, 1.82) is 0 Å². The number of carbonyl (C=O) groups is 2. The van der Waals surface area contributed by atoms with E-state index in [9.17, 15) is 27.9 Å². The largest absolute Gasteiger partial charge is 0.573 e. The molecule has 3 aromatic carbocycles. The van der Waals surface area contributed by atoms with E-state index in [1.807, 2.05) is 0 Å². The van der Waals surface area contributed by atoms with Gasteiger partial charge in [-0.1, -0.05) is 41.4 Å². The van der Waals surface area contributed by atoms with Gasteiger partial charge in [-0.2, -0.15) is 0 Å². The molecule has 14 heteroatoms. The molecule has 1 saturated carbocycles. The third-order valence-electron chi connectivity index (χ3n) is 9.39. The molecule has 1 saturated heterocycles. The normalized spacial score (nSPS) is 24.2. The summed E-state index contributed by atoms with van der Waals surface area (Å²) in [7, 11) is 0. The molecule has 46 heavy (non-hydrogen) atoms. The highest BCUT2D eigenvalue weighted by molar-refractivity contribution is 6.31. The summed E-state index contributed by atoms with van der Waals surface area (Å²) in [5, 5.41) is 12.9. The van der Waals surface area contributed by atoms with Gasteiger partial charge in [-0.3, -0.25) is 9.69 Å². The average Bonchev–Trinajstić information content (AvgIpc) is 3.57. The van der Waals surface area contributed by atoms with Crippen LogP contribution in [0.5, 0.6) is 5.75 Å². The van der Waals surface area contributed by atoms with Gasteiger partial charge in [-0.15, -0.1) is 13.2 Å². The molecule has 240 valence electrons. The summed E-state index contributed by atoms with van der Waals surface area (Å²) in [6.45, 7) is 2.50. The number of hydrogen-bond acceptors (Lipinski definition) is 5. The van der Waals surface area contributed by atoms with Gasteiger partial charge in [-0.25, -0.2) is 14.2 Å². The fourth-order valence-electron chi connectivity index (χ4n) is 7.26. The van der Waals surface area contributed by atoms with E-state index < -0.39 is 58.8 Å². The number of alkyl halides is 3. The Morgan fingerprint density at radius 3 is 2.54 bits per heavy atom. The van der Waals surface area contributed by atoms with Crippen LogP contribution in [-0.2, 0) is 11.3 Å². The molecule has 2 aliphatic heterocycles. The van der Waals surface area contributed by atoms with Crippen molar-refractivity contribution >= 4 is 51.8 Å². The van der Waals surface area contributed by atoms with Gasteiger partial charge in [0, 0.05) is 47.7 Å². The van der Waals surface area contributed by atoms with Gasteiger partial charge in [0.05, 0.1) is 16.1 Å². The number of aromatic nitrogens is 2. The van der Waals surface area contributed by atoms with Crippen molar-refractivity contribution in [3.63, 3.8) is 0 Å². The molecule has 2 N–H and O–H groups in total. The van der Waals surface area contributed by atoms with E-state index in [0.29, 0.717) is 29.0 Å². The number of hydrogen-bond donors (Lipinski definition) is 2. The first kappa shape index (κ1) is 30.8. The third kappa shape index (κ3) is 5.07. The van der Waals surface area contributed by atoms with Crippen molar-refractivity contribution in [2.45, 2.75) is 56.1 Å². The molecule has 8 nitrogen and oxygen atoms in total. The second kappa shape index (κ2) is 10.9. The van der Waals surface area contributed by atoms with Gasteiger partial charge in [0.15, 0.2) is 0 Å². The number of fused-ring (bicyclic) bond motifs is 5. The number of nitrogens with zero attached hydrogens (tertiary/aromatic N) is 3. The molecule has 1 aliphatic carbocycles. The van der Waals surface area contributed by atoms with Crippen molar-refractivity contribution < 1.29 is 37.0 Å². The second-order valence-corrected chi connectivity index (χ2v) is 13.0. The first-order chi connectivity index (χ1) is 21.8. The summed E-state index contributed by atoms with van der Waals surface area (Å²) < 4.78 is 61.6. The minimum absolute atomic E-state index is 0.126. The quantitative estimate of drug-likeness (QED) is 0.197. The fourth-order valence-corrected chi connectivity index (χ4v) is 7.63. The van der Waals surface area contributed by atoms with Crippen LogP contribution >= 0.6 is 23.2 Å². The van der Waals surface area contributed by atoms with Crippen LogP contribution in [0.2, 0.25) is 10.0 Å². The number of rotatable bonds is 7. The Bertz CT molecular complexity index is 1910. The highest BCUT2D eigenvalue weighted by Gasteiger charge is 2.65. The molecular formula is C32H26Cl2F4N4O4. The van der Waals surface area contributed by atoms with Crippen LogP contribution in [0.3, 0.4) is 0 Å². The van der Waals surface area contributed by atoms with Crippen molar-refractivity contribution in [1.82, 2.24) is 14.5 Å². The van der Waals surface area contributed by atoms with Crippen LogP contribution < -0.4 is 10.1 Å². The lowest BCUT2D eigenvalue weighted by Gasteiger charge is -2.40. The number of amides is 1. The van der Waals surface area contributed by atoms with E-state index >= 15 is 4.39 Å². The van der Waals surface area contributed by atoms with Gasteiger partial charge in [0.1, 0.15) is 28.5 Å². The summed E-state index contributed by atoms with van der Waals surface area (Å²) in [5.74, 6) is -4.34. The Morgan fingerprint density at radius 1 is 1.13 bits per heavy atom. The molecule has 0 bridgehead atoms. The zero-order chi connectivity index (χ0) is 32.7. The van der Waals surface area contributed by atoms with Gasteiger partial charge in [0.2, 0.25) is 5.91 Å². The first-order valence-electron chi connectivity index (χ1n) is 14.6. The Labute approximate surface area is 269 Å². The van der Waals surface area contributed by atoms with Crippen molar-refractivity contribution in [3.8, 4) is 5.75 Å². The lowest BCUT2D eigenvalue weighted by atomic mass is 9.74. The Morgan fingerprint density at radius 2 is 1.87 bits per heavy atom. The van der Waals surface area contributed by atoms with Crippen molar-refractivity contribution in [3.05, 3.63) is 87.4 Å². The number of nitrogens with one attached hydrogen (secondary N) is 1. The van der Waals surface area contributed by atoms with Crippen molar-refractivity contribution in [2.75, 3.05) is 11.9 Å². The lowest BCUT2D eigenvalue weighted by molar-refractivity contribution is -0.274. The molecule has 3 aliphatic rings. The number of carbonyl (C=O) groups excluding carboxylic acids is 1. The van der Waals surface area contributed by atoms with E-state index in [4.69, 9.17) is 28.2 Å². The maximum Gasteiger partial charge on any atom is 0.573 e. The standard InChI is InChI=1S/C32H26Cl2F4N4O4/c1-31(30(45)39-17-5-2-4-16(33)10-17)26(18-6-3-7-20(34)27(18)35)25-23(42(31)13-15-8-9-15)14-41-22-12-24(46-32(36,37)38)19(29(43)44)11-21(22)40-28(25)41/h2-7,10-12,15,23,25-26H,8-9,13-14H2,1H3,(H,39,45)(H,43,44)/t23-,25+,26-,31+/m0/s1. The molecule has 1 aromatic heterocycles. The van der Waals surface area contributed by atoms with Gasteiger partial charge >= 0.3 is 12.3 Å². The molecule has 3 heterocycles. The maximum absolute atomic E-state index is 16.0. The molecule has 4 atom stereocenters. The molecule has 1 amide bonds. The predicted molar refractivity (Wildman–Crippen MR) is 162 cm³/mol. The van der Waals surface area contributed by atoms with E-state index in [-0.39, 0.29) is 28.2 Å². The SMILES string of the molecule is C[C@]1(C(=O)Nc2cccc(Cl)c2)[C@@H](c2cccc(Cl)c2F)[C@@H]2c3nc4cc(C(=O)O)c(OC(F)(F)F)cc4n3C[C@@H]2N1CC1CC1. The van der Waals surface area contributed by atoms with Gasteiger partial charge in [0.25, 0.3) is 0 Å². The highest BCUT2D eigenvalue weighted by Crippen LogP contribution is 2.59. The van der Waals surface area contributed by atoms with Crippen molar-refractivity contribution in [2.24, 2.45) is 5.92 Å². The molecule has 4 aromatic rings. The van der Waals surface area contributed by atoms with Gasteiger partial charge in [-0.05, 0) is 61.6 Å². The topological polar surface area (TPSA) is 96.7 Å². The van der Waals surface area contributed by atoms with E-state index in [1.165, 1.54) is 6.07 Å². The predicted octanol–water partition coefficient (Wildman–Crippen LogP) is 7.45. The number of carboxylic acids is 1. The van der Waals surface area contributed by atoms with E-state index in [2.05, 4.69) is 15.0 Å². The van der Waals surface area contributed by atoms with E-state index in [0.717, 1.165) is 25.0 Å². The van der Waals surface area contributed by atoms with Crippen LogP contribution in [0.4, 0.5) is 23.2 Å². The zero-order valence-electron chi connectivity index (χ0n) is 24.1. The lowest BCUT2D eigenvalue weighted by Crippen LogP contribution is -2.56. The Hall–Kier alpha value is -3.87.